The topological polar surface area (TPSA) is 163 Å². The number of carbonyl (C=O) groups excluding carboxylic acids is 5. The molecule has 44 heavy (non-hydrogen) atoms. The van der Waals surface area contributed by atoms with Crippen LogP contribution in [0.1, 0.15) is 65.2 Å². The first kappa shape index (κ1) is 34.7. The fourth-order valence-electron chi connectivity index (χ4n) is 6.28. The minimum atomic E-state index is -2.02. The third kappa shape index (κ3) is 7.27. The molecule has 0 heterocycles. The molecule has 2 aliphatic rings. The summed E-state index contributed by atoms with van der Waals surface area (Å²) < 4.78 is 22.9. The number of carbonyl (C=O) groups is 5. The van der Waals surface area contributed by atoms with Crippen LogP contribution in [-0.2, 0) is 38.1 Å². The molecule has 9 atom stereocenters. The van der Waals surface area contributed by atoms with Crippen molar-refractivity contribution in [3.63, 3.8) is 0 Å². The van der Waals surface area contributed by atoms with Crippen molar-refractivity contribution >= 4 is 29.7 Å². The molecular formula is C33H42O11. The highest BCUT2D eigenvalue weighted by Crippen LogP contribution is 2.51. The standard InChI is InChI=1S/C33H42O11/c1-17-14-15-32(7,8)29(38)25(37)28(42-21(5)35)19(3)27(41-20(4)34)24-26(44-31(39)23-12-10-9-11-13-23)18(2)16-33(24,40)30(17)43-22(6)36/h9-15,17-18,24-28,30,37,40H,3,16H2,1-2,4-8H3/b15-14+/t17-,18+,24-,25-,26+,27+,28+,30-,33-/m1/s1. The van der Waals surface area contributed by atoms with E-state index in [9.17, 15) is 34.2 Å². The predicted molar refractivity (Wildman–Crippen MR) is 157 cm³/mol. The van der Waals surface area contributed by atoms with E-state index in [4.69, 9.17) is 18.9 Å². The molecule has 0 unspecified atom stereocenters. The predicted octanol–water partition coefficient (Wildman–Crippen LogP) is 3.11. The van der Waals surface area contributed by atoms with E-state index in [2.05, 4.69) is 6.58 Å². The van der Waals surface area contributed by atoms with Crippen LogP contribution in [-0.4, -0.2) is 76.0 Å². The van der Waals surface area contributed by atoms with Crippen LogP contribution in [0.15, 0.2) is 54.6 Å². The number of hydrogen-bond acceptors (Lipinski definition) is 11. The Hall–Kier alpha value is -3.83. The van der Waals surface area contributed by atoms with Gasteiger partial charge < -0.3 is 29.2 Å². The average molecular weight is 615 g/mol. The van der Waals surface area contributed by atoms with E-state index < -0.39 is 89.0 Å². The molecule has 0 aromatic heterocycles. The summed E-state index contributed by atoms with van der Waals surface area (Å²) in [5, 5.41) is 23.9. The zero-order chi connectivity index (χ0) is 33.1. The summed E-state index contributed by atoms with van der Waals surface area (Å²) in [6.07, 6.45) is -4.66. The Morgan fingerprint density at radius 1 is 0.886 bits per heavy atom. The highest BCUT2D eigenvalue weighted by Gasteiger charge is 2.63. The van der Waals surface area contributed by atoms with Crippen LogP contribution in [0.2, 0.25) is 0 Å². The molecule has 1 saturated carbocycles. The number of aliphatic hydroxyl groups is 2. The molecule has 2 aliphatic carbocycles. The van der Waals surface area contributed by atoms with Crippen LogP contribution in [0.4, 0.5) is 0 Å². The molecule has 1 aromatic carbocycles. The second-order valence-electron chi connectivity index (χ2n) is 12.3. The number of esters is 4. The molecule has 0 bridgehead atoms. The Bertz CT molecular complexity index is 1320. The van der Waals surface area contributed by atoms with Crippen molar-refractivity contribution < 1.29 is 53.1 Å². The average Bonchev–Trinajstić information content (AvgIpc) is 3.19. The summed E-state index contributed by atoms with van der Waals surface area (Å²) >= 11 is 0. The van der Waals surface area contributed by atoms with Gasteiger partial charge in [0.2, 0.25) is 0 Å². The van der Waals surface area contributed by atoms with Gasteiger partial charge in [-0.05, 0) is 38.3 Å². The minimum absolute atomic E-state index is 0.0747. The number of benzene rings is 1. The van der Waals surface area contributed by atoms with Gasteiger partial charge in [-0.2, -0.15) is 0 Å². The zero-order valence-corrected chi connectivity index (χ0v) is 26.1. The van der Waals surface area contributed by atoms with Gasteiger partial charge in [-0.25, -0.2) is 4.79 Å². The van der Waals surface area contributed by atoms with Crippen molar-refractivity contribution in [2.75, 3.05) is 0 Å². The Labute approximate surface area is 257 Å². The third-order valence-corrected chi connectivity index (χ3v) is 8.31. The maximum Gasteiger partial charge on any atom is 0.338 e. The van der Waals surface area contributed by atoms with Gasteiger partial charge >= 0.3 is 23.9 Å². The van der Waals surface area contributed by atoms with Gasteiger partial charge in [0, 0.05) is 37.7 Å². The van der Waals surface area contributed by atoms with Crippen LogP contribution >= 0.6 is 0 Å². The molecule has 240 valence electrons. The van der Waals surface area contributed by atoms with Crippen molar-refractivity contribution in [2.45, 2.75) is 91.0 Å². The van der Waals surface area contributed by atoms with Gasteiger partial charge in [0.05, 0.1) is 11.5 Å². The Kier molecular flexibility index (Phi) is 10.6. The molecule has 2 N–H and O–H groups in total. The summed E-state index contributed by atoms with van der Waals surface area (Å²) in [5.74, 6) is -6.53. The van der Waals surface area contributed by atoms with E-state index >= 15 is 0 Å². The Morgan fingerprint density at radius 3 is 1.98 bits per heavy atom. The molecule has 0 saturated heterocycles. The SMILES string of the molecule is C=C1[C@H](OC(C)=O)[C@H]2[C@@H](OC(=O)c3ccccc3)[C@@H](C)C[C@]2(O)[C@H](OC(C)=O)[C@H](C)/C=C/C(C)(C)C(=O)[C@H](O)[C@H]1OC(C)=O. The molecule has 1 aromatic rings. The highest BCUT2D eigenvalue weighted by molar-refractivity contribution is 5.91. The van der Waals surface area contributed by atoms with E-state index in [1.54, 1.807) is 64.1 Å². The molecule has 3 rings (SSSR count). The van der Waals surface area contributed by atoms with Crippen LogP contribution in [0.25, 0.3) is 0 Å². The summed E-state index contributed by atoms with van der Waals surface area (Å²) in [6.45, 7) is 13.8. The summed E-state index contributed by atoms with van der Waals surface area (Å²) in [6, 6.07) is 8.12. The number of Topliss-reactive ketones (excluding diaryl/α,β-unsaturated/α-hetero) is 1. The van der Waals surface area contributed by atoms with E-state index in [1.807, 2.05) is 0 Å². The number of hydrogen-bond donors (Lipinski definition) is 2. The monoisotopic (exact) mass is 614 g/mol. The lowest BCUT2D eigenvalue weighted by molar-refractivity contribution is -0.192. The molecule has 11 heteroatoms. The number of aliphatic hydroxyl groups excluding tert-OH is 1. The van der Waals surface area contributed by atoms with E-state index in [-0.39, 0.29) is 17.6 Å². The second-order valence-corrected chi connectivity index (χ2v) is 12.3. The first-order valence-electron chi connectivity index (χ1n) is 14.5. The summed E-state index contributed by atoms with van der Waals surface area (Å²) in [7, 11) is 0. The van der Waals surface area contributed by atoms with Gasteiger partial charge in [0.25, 0.3) is 0 Å². The number of rotatable bonds is 5. The van der Waals surface area contributed by atoms with Crippen molar-refractivity contribution in [2.24, 2.45) is 23.2 Å². The number of ketones is 1. The molecule has 11 nitrogen and oxygen atoms in total. The van der Waals surface area contributed by atoms with Crippen molar-refractivity contribution in [1.29, 1.82) is 0 Å². The van der Waals surface area contributed by atoms with Gasteiger partial charge in [-0.3, -0.25) is 19.2 Å². The Morgan fingerprint density at radius 2 is 1.43 bits per heavy atom. The second kappa shape index (κ2) is 13.4. The van der Waals surface area contributed by atoms with Crippen LogP contribution in [0.5, 0.6) is 0 Å². The molecule has 0 aliphatic heterocycles. The number of allylic oxidation sites excluding steroid dienone is 1. The quantitative estimate of drug-likeness (QED) is 0.285. The first-order chi connectivity index (χ1) is 20.4. The lowest BCUT2D eigenvalue weighted by Gasteiger charge is -2.44. The van der Waals surface area contributed by atoms with Crippen LogP contribution in [0.3, 0.4) is 0 Å². The molecule has 0 amide bonds. The van der Waals surface area contributed by atoms with Crippen molar-refractivity contribution in [1.82, 2.24) is 0 Å². The third-order valence-electron chi connectivity index (χ3n) is 8.31. The first-order valence-corrected chi connectivity index (χ1v) is 14.5. The summed E-state index contributed by atoms with van der Waals surface area (Å²) in [4.78, 5) is 64.1. The summed E-state index contributed by atoms with van der Waals surface area (Å²) in [5.41, 5.74) is -3.34. The van der Waals surface area contributed by atoms with Gasteiger partial charge in [-0.15, -0.1) is 0 Å². The van der Waals surface area contributed by atoms with E-state index in [0.29, 0.717) is 0 Å². The highest BCUT2D eigenvalue weighted by atomic mass is 16.6. The van der Waals surface area contributed by atoms with Crippen molar-refractivity contribution in [3.05, 3.63) is 60.2 Å². The number of fused-ring (bicyclic) bond motifs is 1. The Balaban J connectivity index is 2.33. The fourth-order valence-corrected chi connectivity index (χ4v) is 6.28. The molecule has 0 radical (unpaired) electrons. The largest absolute Gasteiger partial charge is 0.459 e. The van der Waals surface area contributed by atoms with Gasteiger partial charge in [-0.1, -0.05) is 50.8 Å². The van der Waals surface area contributed by atoms with Gasteiger partial charge in [0.15, 0.2) is 18.0 Å². The van der Waals surface area contributed by atoms with Crippen LogP contribution in [0, 0.1) is 23.2 Å². The van der Waals surface area contributed by atoms with E-state index in [0.717, 1.165) is 13.8 Å². The zero-order valence-electron chi connectivity index (χ0n) is 26.1. The van der Waals surface area contributed by atoms with E-state index in [1.165, 1.54) is 13.0 Å². The number of ether oxygens (including phenoxy) is 4. The fraction of sp³-hybridized carbons (Fsp3) is 0.545. The lowest BCUT2D eigenvalue weighted by atomic mass is 9.72. The minimum Gasteiger partial charge on any atom is -0.459 e. The van der Waals surface area contributed by atoms with Gasteiger partial charge in [0.1, 0.15) is 23.9 Å². The molecule has 0 spiro atoms. The van der Waals surface area contributed by atoms with Crippen molar-refractivity contribution in [3.8, 4) is 0 Å². The maximum absolute atomic E-state index is 13.6. The van der Waals surface area contributed by atoms with Crippen LogP contribution < -0.4 is 0 Å². The maximum atomic E-state index is 13.6. The normalized spacial score (nSPS) is 34.4. The molecule has 1 fully saturated rings. The molecular weight excluding hydrogens is 572 g/mol. The smallest absolute Gasteiger partial charge is 0.338 e. The lowest BCUT2D eigenvalue weighted by Crippen LogP contribution is -2.58.